The van der Waals surface area contributed by atoms with Crippen LogP contribution in [-0.2, 0) is 24.7 Å². The number of β-lactam (4-membered cyclic amide) rings is 1. The van der Waals surface area contributed by atoms with Gasteiger partial charge < -0.3 is 10.6 Å². The summed E-state index contributed by atoms with van der Waals surface area (Å²) in [5, 5.41) is 5.64. The second-order valence-corrected chi connectivity index (χ2v) is 6.58. The zero-order valence-corrected chi connectivity index (χ0v) is 17.2. The number of Topliss-reactive ketones (excluding diaryl/α,β-unsaturated/α-hetero) is 1. The number of nitrogens with zero attached hydrogens (tertiary/aromatic N) is 2. The molecule has 1 aliphatic rings. The monoisotopic (exact) mass is 401 g/mol. The number of amides is 3. The molecule has 1 saturated heterocycles. The summed E-state index contributed by atoms with van der Waals surface area (Å²) in [6.45, 7) is 1.28. The molecular weight excluding hydrogens is 391 g/mol. The van der Waals surface area contributed by atoms with E-state index in [0.29, 0.717) is 6.41 Å². The van der Waals surface area contributed by atoms with Crippen LogP contribution < -0.4 is 10.6 Å². The summed E-state index contributed by atoms with van der Waals surface area (Å²) in [4.78, 5) is 49.2. The number of anilines is 1. The molecule has 3 amide bonds. The Labute approximate surface area is 182 Å². The number of carbonyl (C=O) groups is 4. The number of hydrogen-bond acceptors (Lipinski definition) is 8. The fraction of sp³-hybridized carbons (Fsp3) is 0.300. The van der Waals surface area contributed by atoms with E-state index in [1.54, 1.807) is 0 Å². The van der Waals surface area contributed by atoms with Gasteiger partial charge in [0.05, 0.1) is 6.04 Å². The number of rotatable bonds is 6. The molecule has 2 atom stereocenters. The van der Waals surface area contributed by atoms with Crippen LogP contribution in [0.2, 0.25) is 0 Å². The molecule has 2 rings (SSSR count). The Hall–Kier alpha value is -0.744. The van der Waals surface area contributed by atoms with Gasteiger partial charge in [-0.2, -0.15) is 8.42 Å². The Balaban J connectivity index is 0.00000288. The van der Waals surface area contributed by atoms with Gasteiger partial charge in [-0.25, -0.2) is 9.29 Å². The molecule has 125 valence electrons. The van der Waals surface area contributed by atoms with Gasteiger partial charge >= 0.3 is 10.3 Å². The summed E-state index contributed by atoms with van der Waals surface area (Å²) in [7, 11) is -4.71. The van der Waals surface area contributed by atoms with Gasteiger partial charge in [0.1, 0.15) is 11.7 Å². The summed E-state index contributed by atoms with van der Waals surface area (Å²) in [6, 6.07) is -2.28. The molecule has 1 aromatic rings. The normalized spacial score (nSPS) is 19.8. The summed E-state index contributed by atoms with van der Waals surface area (Å²) in [5.74, 6) is -3.26. The van der Waals surface area contributed by atoms with Crippen molar-refractivity contribution in [3.63, 3.8) is 0 Å². The smallest absolute Gasteiger partial charge is 0.335 e. The third kappa shape index (κ3) is 4.26. The first-order chi connectivity index (χ1) is 10.7. The van der Waals surface area contributed by atoms with E-state index in [1.807, 2.05) is 0 Å². The Bertz CT molecular complexity index is 793. The number of carbonyl (C=O) groups excluding carboxylic acids is 4. The first-order valence-electron chi connectivity index (χ1n) is 5.98. The molecule has 1 fully saturated rings. The van der Waals surface area contributed by atoms with Crippen molar-refractivity contribution >= 4 is 102 Å². The van der Waals surface area contributed by atoms with Crippen molar-refractivity contribution in [1.29, 1.82) is 0 Å². The van der Waals surface area contributed by atoms with E-state index in [1.165, 1.54) is 12.3 Å². The predicted octanol–water partition coefficient (Wildman–Crippen LogP) is -1.97. The van der Waals surface area contributed by atoms with Gasteiger partial charge in [-0.1, -0.05) is 0 Å². The van der Waals surface area contributed by atoms with Crippen LogP contribution in [0.3, 0.4) is 0 Å². The fourth-order valence-corrected chi connectivity index (χ4v) is 3.45. The van der Waals surface area contributed by atoms with E-state index in [9.17, 15) is 27.6 Å². The second-order valence-electron chi connectivity index (χ2n) is 4.43. The third-order valence-electron chi connectivity index (χ3n) is 3.00. The third-order valence-corrected chi connectivity index (χ3v) is 4.78. The molecule has 11 nitrogen and oxygen atoms in total. The van der Waals surface area contributed by atoms with E-state index in [-0.39, 0.29) is 66.5 Å². The van der Waals surface area contributed by atoms with Crippen molar-refractivity contribution in [2.75, 3.05) is 5.32 Å². The van der Waals surface area contributed by atoms with Crippen molar-refractivity contribution < 1.29 is 32.1 Å². The molecule has 0 aromatic carbocycles. The predicted molar refractivity (Wildman–Crippen MR) is 81.7 cm³/mol. The van der Waals surface area contributed by atoms with Crippen LogP contribution in [0.5, 0.6) is 0 Å². The SMILES string of the molecule is C[C@H]1[C@H](NC(=O)C(=O)c2csc(NC=O)n2)C(=O)N1S(=O)(=O)O.[K]. The van der Waals surface area contributed by atoms with Gasteiger partial charge in [-0.15, -0.1) is 11.3 Å². The molecule has 3 N–H and O–H groups in total. The van der Waals surface area contributed by atoms with Crippen molar-refractivity contribution in [3.05, 3.63) is 11.1 Å². The number of thiazole rings is 1. The van der Waals surface area contributed by atoms with Crippen LogP contribution in [-0.4, -0.2) is 110 Å². The van der Waals surface area contributed by atoms with Gasteiger partial charge in [0.25, 0.3) is 17.6 Å². The van der Waals surface area contributed by atoms with Crippen LogP contribution in [0, 0.1) is 0 Å². The number of aromatic nitrogens is 1. The topological polar surface area (TPSA) is 163 Å². The molecule has 0 aliphatic carbocycles. The van der Waals surface area contributed by atoms with Crippen LogP contribution >= 0.6 is 11.3 Å². The van der Waals surface area contributed by atoms with Crippen molar-refractivity contribution in [3.8, 4) is 0 Å². The largest absolute Gasteiger partial charge is 0.362 e. The summed E-state index contributed by atoms with van der Waals surface area (Å²) in [5.41, 5.74) is -0.233. The van der Waals surface area contributed by atoms with E-state index < -0.39 is 40.0 Å². The van der Waals surface area contributed by atoms with Crippen molar-refractivity contribution in [2.45, 2.75) is 19.0 Å². The summed E-state index contributed by atoms with van der Waals surface area (Å²) in [6.07, 6.45) is 0.353. The van der Waals surface area contributed by atoms with Crippen LogP contribution in [0.1, 0.15) is 17.4 Å². The maximum absolute atomic E-state index is 11.9. The fourth-order valence-electron chi connectivity index (χ4n) is 1.92. The number of hydrogen-bond donors (Lipinski definition) is 3. The first-order valence-corrected chi connectivity index (χ1v) is 8.26. The Kier molecular flexibility index (Phi) is 7.18. The molecule has 1 aliphatic heterocycles. The quantitative estimate of drug-likeness (QED) is 0.123. The minimum absolute atomic E-state index is 0. The molecule has 14 heteroatoms. The molecule has 0 saturated carbocycles. The average molecular weight is 401 g/mol. The summed E-state index contributed by atoms with van der Waals surface area (Å²) >= 11 is 0.921. The Morgan fingerprint density at radius 2 is 2.08 bits per heavy atom. The number of nitrogens with one attached hydrogen (secondary N) is 2. The van der Waals surface area contributed by atoms with Crippen molar-refractivity contribution in [1.82, 2.24) is 14.6 Å². The van der Waals surface area contributed by atoms with Crippen molar-refractivity contribution in [2.24, 2.45) is 0 Å². The number of ketones is 1. The molecular formula is C10H10KN4O7S2. The molecule has 1 aromatic heterocycles. The minimum Gasteiger partial charge on any atom is -0.335 e. The average Bonchev–Trinajstić information content (AvgIpc) is 2.91. The van der Waals surface area contributed by atoms with Gasteiger partial charge in [0.15, 0.2) is 5.13 Å². The Morgan fingerprint density at radius 3 is 2.58 bits per heavy atom. The Morgan fingerprint density at radius 1 is 1.46 bits per heavy atom. The minimum atomic E-state index is -4.71. The van der Waals surface area contributed by atoms with E-state index in [0.717, 1.165) is 11.3 Å². The van der Waals surface area contributed by atoms with Gasteiger partial charge in [-0.05, 0) is 6.92 Å². The molecule has 0 spiro atoms. The van der Waals surface area contributed by atoms with E-state index >= 15 is 0 Å². The van der Waals surface area contributed by atoms with Gasteiger partial charge in [-0.3, -0.25) is 23.7 Å². The maximum atomic E-state index is 11.9. The maximum Gasteiger partial charge on any atom is 0.362 e. The van der Waals surface area contributed by atoms with Gasteiger partial charge in [0.2, 0.25) is 6.41 Å². The van der Waals surface area contributed by atoms with Gasteiger partial charge in [0, 0.05) is 56.8 Å². The second kappa shape index (κ2) is 8.09. The zero-order valence-electron chi connectivity index (χ0n) is 12.4. The molecule has 0 unspecified atom stereocenters. The first kappa shape index (κ1) is 21.3. The molecule has 2 heterocycles. The molecule has 0 bridgehead atoms. The standard InChI is InChI=1S/C10H10N4O7S2.K/c1-4-6(9(18)14(4)23(19,20)21)13-8(17)7(16)5-2-22-10(12-5)11-3-15;/h2-4,6H,1H3,(H,13,17)(H,11,12,15)(H,19,20,21);/t4-,6-;/m0./s1. The molecule has 1 radical (unpaired) electrons. The zero-order chi connectivity index (χ0) is 17.4. The van der Waals surface area contributed by atoms with E-state index in [2.05, 4.69) is 15.6 Å². The van der Waals surface area contributed by atoms with E-state index in [4.69, 9.17) is 4.55 Å². The van der Waals surface area contributed by atoms with Crippen LogP contribution in [0.4, 0.5) is 5.13 Å². The van der Waals surface area contributed by atoms with Crippen LogP contribution in [0.25, 0.3) is 0 Å². The molecule has 24 heavy (non-hydrogen) atoms. The summed E-state index contributed by atoms with van der Waals surface area (Å²) < 4.78 is 30.9. The van der Waals surface area contributed by atoms with Crippen LogP contribution in [0.15, 0.2) is 5.38 Å².